The Balaban J connectivity index is 0.00000364. The Morgan fingerprint density at radius 2 is 1.85 bits per heavy atom. The molecule has 0 aliphatic heterocycles. The van der Waals surface area contributed by atoms with Gasteiger partial charge in [0.2, 0.25) is 0 Å². The summed E-state index contributed by atoms with van der Waals surface area (Å²) in [5.41, 5.74) is 2.01. The number of thiazole rings is 1. The zero-order valence-electron chi connectivity index (χ0n) is 17.0. The van der Waals surface area contributed by atoms with Gasteiger partial charge in [-0.1, -0.05) is 32.0 Å². The van der Waals surface area contributed by atoms with Crippen LogP contribution in [0.25, 0.3) is 0 Å². The smallest absolute Gasteiger partial charge is 0.191 e. The minimum absolute atomic E-state index is 0. The largest absolute Gasteiger partial charge is 0.488 e. The summed E-state index contributed by atoms with van der Waals surface area (Å²) in [6, 6.07) is 8.08. The van der Waals surface area contributed by atoms with Crippen LogP contribution in [-0.2, 0) is 13.1 Å². The number of halogens is 1. The van der Waals surface area contributed by atoms with Crippen molar-refractivity contribution in [3.8, 4) is 5.75 Å². The maximum Gasteiger partial charge on any atom is 0.191 e. The molecule has 1 aromatic heterocycles. The van der Waals surface area contributed by atoms with Crippen molar-refractivity contribution < 1.29 is 4.74 Å². The number of rotatable bonds is 6. The lowest BCUT2D eigenvalue weighted by Crippen LogP contribution is -2.36. The number of aromatic nitrogens is 1. The third kappa shape index (κ3) is 8.04. The molecule has 0 atom stereocenters. The van der Waals surface area contributed by atoms with E-state index in [1.807, 2.05) is 18.2 Å². The van der Waals surface area contributed by atoms with E-state index >= 15 is 0 Å². The van der Waals surface area contributed by atoms with Crippen molar-refractivity contribution in [2.75, 3.05) is 7.05 Å². The molecule has 1 aromatic carbocycles. The van der Waals surface area contributed by atoms with Gasteiger partial charge in [0.15, 0.2) is 5.96 Å². The first kappa shape index (κ1) is 23.7. The van der Waals surface area contributed by atoms with Crippen LogP contribution in [0.4, 0.5) is 0 Å². The number of nitrogens with zero attached hydrogens (tertiary/aromatic N) is 2. The molecule has 0 saturated heterocycles. The average molecular weight is 502 g/mol. The van der Waals surface area contributed by atoms with E-state index in [1.54, 1.807) is 18.4 Å². The highest BCUT2D eigenvalue weighted by atomic mass is 127. The number of guanidine groups is 1. The lowest BCUT2D eigenvalue weighted by Gasteiger charge is -2.23. The first-order valence-electron chi connectivity index (χ1n) is 8.94. The molecule has 5 nitrogen and oxygen atoms in total. The van der Waals surface area contributed by atoms with Crippen LogP contribution in [-0.4, -0.2) is 23.6 Å². The highest BCUT2D eigenvalue weighted by Gasteiger charge is 2.14. The maximum absolute atomic E-state index is 6.04. The van der Waals surface area contributed by atoms with E-state index in [2.05, 4.69) is 66.7 Å². The van der Waals surface area contributed by atoms with Gasteiger partial charge >= 0.3 is 0 Å². The zero-order chi connectivity index (χ0) is 19.2. The van der Waals surface area contributed by atoms with Gasteiger partial charge in [-0.3, -0.25) is 4.99 Å². The Bertz CT molecular complexity index is 738. The lowest BCUT2D eigenvalue weighted by molar-refractivity contribution is 0.129. The van der Waals surface area contributed by atoms with E-state index in [1.165, 1.54) is 0 Å². The SMILES string of the molecule is CN=C(NCc1nc(C(C)C)cs1)NCc1ccccc1OC(C)(C)C.I. The van der Waals surface area contributed by atoms with Gasteiger partial charge in [0.1, 0.15) is 16.4 Å². The molecule has 0 radical (unpaired) electrons. The second-order valence-electron chi connectivity index (χ2n) is 7.42. The molecule has 0 unspecified atom stereocenters. The Morgan fingerprint density at radius 3 is 2.44 bits per heavy atom. The van der Waals surface area contributed by atoms with Gasteiger partial charge in [0.05, 0.1) is 12.2 Å². The molecule has 0 spiro atoms. The Kier molecular flexibility index (Phi) is 9.52. The molecule has 2 N–H and O–H groups in total. The van der Waals surface area contributed by atoms with Crippen LogP contribution in [0.5, 0.6) is 5.75 Å². The molecule has 1 heterocycles. The molecule has 7 heteroatoms. The van der Waals surface area contributed by atoms with Crippen molar-refractivity contribution in [1.82, 2.24) is 15.6 Å². The Morgan fingerprint density at radius 1 is 1.19 bits per heavy atom. The van der Waals surface area contributed by atoms with Crippen LogP contribution in [0.2, 0.25) is 0 Å². The van der Waals surface area contributed by atoms with Crippen molar-refractivity contribution in [3.05, 3.63) is 45.9 Å². The fraction of sp³-hybridized carbons (Fsp3) is 0.500. The molecule has 27 heavy (non-hydrogen) atoms. The summed E-state index contributed by atoms with van der Waals surface area (Å²) in [6.45, 7) is 11.8. The predicted octanol–water partition coefficient (Wildman–Crippen LogP) is 4.93. The van der Waals surface area contributed by atoms with Crippen molar-refractivity contribution >= 4 is 41.3 Å². The molecule has 0 saturated carbocycles. The molecular weight excluding hydrogens is 471 g/mol. The molecule has 2 aromatic rings. The zero-order valence-corrected chi connectivity index (χ0v) is 20.1. The van der Waals surface area contributed by atoms with Crippen molar-refractivity contribution in [2.45, 2.75) is 59.2 Å². The van der Waals surface area contributed by atoms with E-state index in [-0.39, 0.29) is 29.6 Å². The van der Waals surface area contributed by atoms with E-state index in [0.29, 0.717) is 19.0 Å². The topological polar surface area (TPSA) is 58.5 Å². The van der Waals surface area contributed by atoms with Crippen molar-refractivity contribution in [3.63, 3.8) is 0 Å². The predicted molar refractivity (Wildman–Crippen MR) is 125 cm³/mol. The average Bonchev–Trinajstić information content (AvgIpc) is 3.04. The summed E-state index contributed by atoms with van der Waals surface area (Å²) in [5, 5.41) is 9.86. The van der Waals surface area contributed by atoms with E-state index in [0.717, 1.165) is 28.0 Å². The first-order valence-corrected chi connectivity index (χ1v) is 9.82. The van der Waals surface area contributed by atoms with E-state index in [9.17, 15) is 0 Å². The first-order chi connectivity index (χ1) is 12.3. The Labute approximate surface area is 184 Å². The third-order valence-corrected chi connectivity index (χ3v) is 4.49. The summed E-state index contributed by atoms with van der Waals surface area (Å²) in [6.07, 6.45) is 0. The van der Waals surface area contributed by atoms with Gasteiger partial charge in [-0.15, -0.1) is 35.3 Å². The van der Waals surface area contributed by atoms with Gasteiger partial charge in [-0.05, 0) is 32.8 Å². The van der Waals surface area contributed by atoms with Gasteiger partial charge in [-0.2, -0.15) is 0 Å². The van der Waals surface area contributed by atoms with Gasteiger partial charge in [0.25, 0.3) is 0 Å². The minimum atomic E-state index is -0.227. The van der Waals surface area contributed by atoms with Crippen molar-refractivity contribution in [2.24, 2.45) is 4.99 Å². The van der Waals surface area contributed by atoms with Gasteiger partial charge in [-0.25, -0.2) is 4.98 Å². The normalized spacial score (nSPS) is 11.9. The second-order valence-corrected chi connectivity index (χ2v) is 8.36. The number of para-hydroxylation sites is 1. The minimum Gasteiger partial charge on any atom is -0.488 e. The van der Waals surface area contributed by atoms with E-state index < -0.39 is 0 Å². The third-order valence-electron chi connectivity index (χ3n) is 3.63. The summed E-state index contributed by atoms with van der Waals surface area (Å²) < 4.78 is 6.04. The van der Waals surface area contributed by atoms with Crippen LogP contribution in [0, 0.1) is 0 Å². The summed E-state index contributed by atoms with van der Waals surface area (Å²) >= 11 is 1.68. The monoisotopic (exact) mass is 502 g/mol. The van der Waals surface area contributed by atoms with Gasteiger partial charge < -0.3 is 15.4 Å². The standard InChI is InChI=1S/C20H30N4OS.HI/c1-14(2)16-13-26-18(24-16)12-23-19(21-6)22-11-15-9-7-8-10-17(15)25-20(3,4)5;/h7-10,13-14H,11-12H2,1-6H3,(H2,21,22,23);1H. The highest BCUT2D eigenvalue weighted by Crippen LogP contribution is 2.23. The lowest BCUT2D eigenvalue weighted by atomic mass is 10.1. The van der Waals surface area contributed by atoms with Crippen LogP contribution in [0.15, 0.2) is 34.6 Å². The highest BCUT2D eigenvalue weighted by molar-refractivity contribution is 14.0. The van der Waals surface area contributed by atoms with Crippen LogP contribution < -0.4 is 15.4 Å². The summed E-state index contributed by atoms with van der Waals surface area (Å²) in [4.78, 5) is 8.94. The number of ether oxygens (including phenoxy) is 1. The number of hydrogen-bond donors (Lipinski definition) is 2. The fourth-order valence-corrected chi connectivity index (χ4v) is 3.20. The molecule has 0 amide bonds. The number of nitrogens with one attached hydrogen (secondary N) is 2. The number of benzene rings is 1. The summed E-state index contributed by atoms with van der Waals surface area (Å²) in [5.74, 6) is 2.10. The Hall–Kier alpha value is -1.35. The van der Waals surface area contributed by atoms with E-state index in [4.69, 9.17) is 4.74 Å². The molecule has 150 valence electrons. The molecule has 0 fully saturated rings. The van der Waals surface area contributed by atoms with Crippen LogP contribution >= 0.6 is 35.3 Å². The second kappa shape index (κ2) is 10.8. The molecule has 0 bridgehead atoms. The molecular formula is C20H31IN4OS. The number of hydrogen-bond acceptors (Lipinski definition) is 4. The molecule has 0 aliphatic rings. The molecule has 2 rings (SSSR count). The quantitative estimate of drug-likeness (QED) is 0.334. The maximum atomic E-state index is 6.04. The number of aliphatic imine (C=N–C) groups is 1. The summed E-state index contributed by atoms with van der Waals surface area (Å²) in [7, 11) is 1.77. The van der Waals surface area contributed by atoms with Crippen LogP contribution in [0.3, 0.4) is 0 Å². The fourth-order valence-electron chi connectivity index (χ4n) is 2.31. The molecule has 0 aliphatic carbocycles. The van der Waals surface area contributed by atoms with Crippen LogP contribution in [0.1, 0.15) is 56.8 Å². The van der Waals surface area contributed by atoms with Crippen molar-refractivity contribution in [1.29, 1.82) is 0 Å². The van der Waals surface area contributed by atoms with Gasteiger partial charge in [0, 0.05) is 24.5 Å².